The zero-order valence-corrected chi connectivity index (χ0v) is 15.7. The van der Waals surface area contributed by atoms with Gasteiger partial charge in [-0.05, 0) is 55.3 Å². The highest BCUT2D eigenvalue weighted by Crippen LogP contribution is 2.29. The fraction of sp³-hybridized carbons (Fsp3) is 0.391. The normalized spacial score (nSPS) is 11.2. The molecule has 3 heteroatoms. The van der Waals surface area contributed by atoms with Crippen molar-refractivity contribution in [2.24, 2.45) is 5.18 Å². The molecule has 0 bridgehead atoms. The van der Waals surface area contributed by atoms with Crippen molar-refractivity contribution in [2.45, 2.75) is 57.8 Å². The van der Waals surface area contributed by atoms with E-state index in [1.165, 1.54) is 19.3 Å². The van der Waals surface area contributed by atoms with Gasteiger partial charge in [0.25, 0.3) is 0 Å². The van der Waals surface area contributed by atoms with Crippen molar-refractivity contribution in [1.29, 1.82) is 0 Å². The number of allylic oxidation sites excluding steroid dienone is 5. The molecular weight excluding hydrogens is 322 g/mol. The number of rotatable bonds is 14. The summed E-state index contributed by atoms with van der Waals surface area (Å²) in [5.74, 6) is -0.0821. The van der Waals surface area contributed by atoms with Crippen LogP contribution in [0.1, 0.15) is 62.5 Å². The maximum absolute atomic E-state index is 10.9. The Hall–Kier alpha value is -2.42. The van der Waals surface area contributed by atoms with Crippen molar-refractivity contribution in [2.75, 3.05) is 0 Å². The summed E-state index contributed by atoms with van der Waals surface area (Å²) in [6.45, 7) is 7.24. The summed E-state index contributed by atoms with van der Waals surface area (Å²) < 4.78 is 0. The number of hydrogen-bond donors (Lipinski definition) is 1. The van der Waals surface area contributed by atoms with Crippen molar-refractivity contribution in [3.05, 3.63) is 77.8 Å². The van der Waals surface area contributed by atoms with Gasteiger partial charge in [0, 0.05) is 5.56 Å². The predicted molar refractivity (Wildman–Crippen MR) is 113 cm³/mol. The van der Waals surface area contributed by atoms with E-state index in [-0.39, 0.29) is 11.4 Å². The van der Waals surface area contributed by atoms with E-state index in [1.54, 1.807) is 12.1 Å². The van der Waals surface area contributed by atoms with Gasteiger partial charge in [-0.15, -0.1) is 11.5 Å². The summed E-state index contributed by atoms with van der Waals surface area (Å²) >= 11 is 0. The van der Waals surface area contributed by atoms with E-state index < -0.39 is 0 Å². The second kappa shape index (κ2) is 13.8. The van der Waals surface area contributed by atoms with Crippen LogP contribution in [0, 0.1) is 4.91 Å². The lowest BCUT2D eigenvalue weighted by Crippen LogP contribution is -1.94. The molecule has 1 aromatic rings. The maximum Gasteiger partial charge on any atom is 0.119 e. The van der Waals surface area contributed by atoms with Crippen molar-refractivity contribution in [3.63, 3.8) is 0 Å². The second-order valence-corrected chi connectivity index (χ2v) is 6.36. The highest BCUT2D eigenvalue weighted by atomic mass is 16.3. The van der Waals surface area contributed by atoms with Gasteiger partial charge in [0.1, 0.15) is 11.4 Å². The molecule has 1 aromatic carbocycles. The number of nitroso groups, excluding NO2 is 1. The Bertz CT molecular complexity index is 629. The molecule has 0 heterocycles. The Balaban J connectivity index is 2.18. The zero-order valence-electron chi connectivity index (χ0n) is 15.7. The summed E-state index contributed by atoms with van der Waals surface area (Å²) in [4.78, 5) is 10.9. The topological polar surface area (TPSA) is 49.7 Å². The number of aliphatic hydroxyl groups excluding tert-OH is 1. The van der Waals surface area contributed by atoms with Crippen LogP contribution in [0.5, 0.6) is 0 Å². The number of aryl methyl sites for hydroxylation is 1. The highest BCUT2D eigenvalue weighted by Gasteiger charge is 2.11. The first kappa shape index (κ1) is 21.6. The van der Waals surface area contributed by atoms with Gasteiger partial charge in [-0.25, -0.2) is 0 Å². The van der Waals surface area contributed by atoms with Crippen LogP contribution in [0.25, 0.3) is 5.76 Å². The van der Waals surface area contributed by atoms with Crippen LogP contribution in [-0.4, -0.2) is 5.11 Å². The van der Waals surface area contributed by atoms with Crippen LogP contribution in [0.3, 0.4) is 0 Å². The van der Waals surface area contributed by atoms with Gasteiger partial charge in [0.15, 0.2) is 0 Å². The molecule has 0 unspecified atom stereocenters. The lowest BCUT2D eigenvalue weighted by molar-refractivity contribution is 0.512. The fourth-order valence-electron chi connectivity index (χ4n) is 2.89. The van der Waals surface area contributed by atoms with Gasteiger partial charge in [0.05, 0.1) is 0 Å². The third kappa shape index (κ3) is 8.61. The Morgan fingerprint density at radius 1 is 1.00 bits per heavy atom. The van der Waals surface area contributed by atoms with E-state index in [4.69, 9.17) is 0 Å². The van der Waals surface area contributed by atoms with E-state index in [0.29, 0.717) is 5.56 Å². The van der Waals surface area contributed by atoms with Crippen LogP contribution in [0.2, 0.25) is 0 Å². The summed E-state index contributed by atoms with van der Waals surface area (Å²) in [5.41, 5.74) is 1.71. The van der Waals surface area contributed by atoms with Gasteiger partial charge in [0.2, 0.25) is 0 Å². The predicted octanol–water partition coefficient (Wildman–Crippen LogP) is 7.57. The SMILES string of the molecule is C=CC/C=C\C/C=C\CCCCCCCc1cccc(N=O)c1C(=C)O. The summed E-state index contributed by atoms with van der Waals surface area (Å²) in [6.07, 6.45) is 20.4. The van der Waals surface area contributed by atoms with E-state index in [1.807, 2.05) is 12.1 Å². The minimum absolute atomic E-state index is 0.0821. The fourth-order valence-corrected chi connectivity index (χ4v) is 2.89. The number of nitrogens with zero attached hydrogens (tertiary/aromatic N) is 1. The first-order valence-electron chi connectivity index (χ1n) is 9.45. The summed E-state index contributed by atoms with van der Waals surface area (Å²) in [7, 11) is 0. The molecular formula is C23H31NO2. The minimum Gasteiger partial charge on any atom is -0.508 e. The average molecular weight is 354 g/mol. The van der Waals surface area contributed by atoms with Gasteiger partial charge in [-0.3, -0.25) is 0 Å². The monoisotopic (exact) mass is 353 g/mol. The summed E-state index contributed by atoms with van der Waals surface area (Å²) in [5, 5.41) is 12.7. The molecule has 0 aliphatic rings. The maximum atomic E-state index is 10.9. The van der Waals surface area contributed by atoms with E-state index >= 15 is 0 Å². The van der Waals surface area contributed by atoms with Crippen LogP contribution < -0.4 is 0 Å². The van der Waals surface area contributed by atoms with Gasteiger partial charge in [-0.1, -0.05) is 68.4 Å². The second-order valence-electron chi connectivity index (χ2n) is 6.36. The van der Waals surface area contributed by atoms with Crippen LogP contribution in [-0.2, 0) is 6.42 Å². The van der Waals surface area contributed by atoms with Crippen molar-refractivity contribution in [3.8, 4) is 0 Å². The summed E-state index contributed by atoms with van der Waals surface area (Å²) in [6, 6.07) is 5.34. The molecule has 26 heavy (non-hydrogen) atoms. The molecule has 0 fully saturated rings. The van der Waals surface area contributed by atoms with Crippen LogP contribution in [0.4, 0.5) is 5.69 Å². The third-order valence-electron chi connectivity index (χ3n) is 4.24. The lowest BCUT2D eigenvalue weighted by atomic mass is 9.98. The molecule has 0 saturated heterocycles. The Morgan fingerprint density at radius 2 is 1.69 bits per heavy atom. The van der Waals surface area contributed by atoms with Crippen molar-refractivity contribution in [1.82, 2.24) is 0 Å². The van der Waals surface area contributed by atoms with Gasteiger partial charge in [-0.2, -0.15) is 0 Å². The Morgan fingerprint density at radius 3 is 2.42 bits per heavy atom. The van der Waals surface area contributed by atoms with Crippen LogP contribution >= 0.6 is 0 Å². The molecule has 0 aliphatic carbocycles. The Labute approximate surface area is 157 Å². The quantitative estimate of drug-likeness (QED) is 0.162. The molecule has 0 aromatic heterocycles. The number of hydrogen-bond acceptors (Lipinski definition) is 3. The standard InChI is InChI=1S/C23H31NO2/c1-3-4-5-6-7-8-9-10-11-12-13-14-15-17-21-18-16-19-22(24-26)23(21)20(2)25/h3,5-6,8-9,16,18-19,25H,1-2,4,7,10-15,17H2/b6-5-,9-8-. The molecule has 0 aliphatic heterocycles. The van der Waals surface area contributed by atoms with E-state index in [2.05, 4.69) is 42.6 Å². The molecule has 0 radical (unpaired) electrons. The molecule has 0 spiro atoms. The van der Waals surface area contributed by atoms with Gasteiger partial charge >= 0.3 is 0 Å². The lowest BCUT2D eigenvalue weighted by Gasteiger charge is -2.09. The van der Waals surface area contributed by atoms with E-state index in [0.717, 1.165) is 44.1 Å². The Kier molecular flexibility index (Phi) is 11.5. The molecule has 140 valence electrons. The van der Waals surface area contributed by atoms with Crippen molar-refractivity contribution >= 4 is 11.4 Å². The molecule has 1 N–H and O–H groups in total. The molecule has 0 amide bonds. The van der Waals surface area contributed by atoms with Crippen LogP contribution in [0.15, 0.2) is 66.9 Å². The highest BCUT2D eigenvalue weighted by molar-refractivity contribution is 5.71. The first-order chi connectivity index (χ1) is 12.7. The van der Waals surface area contributed by atoms with E-state index in [9.17, 15) is 10.0 Å². The third-order valence-corrected chi connectivity index (χ3v) is 4.24. The largest absolute Gasteiger partial charge is 0.508 e. The average Bonchev–Trinajstić information content (AvgIpc) is 2.65. The molecule has 0 atom stereocenters. The molecule has 3 nitrogen and oxygen atoms in total. The number of benzene rings is 1. The first-order valence-corrected chi connectivity index (χ1v) is 9.45. The molecule has 0 saturated carbocycles. The van der Waals surface area contributed by atoms with Crippen molar-refractivity contribution < 1.29 is 5.11 Å². The number of aliphatic hydroxyl groups is 1. The number of unbranched alkanes of at least 4 members (excludes halogenated alkanes) is 5. The molecule has 1 rings (SSSR count). The smallest absolute Gasteiger partial charge is 0.119 e. The minimum atomic E-state index is -0.0821. The zero-order chi connectivity index (χ0) is 19.0. The van der Waals surface area contributed by atoms with Gasteiger partial charge < -0.3 is 5.11 Å².